The van der Waals surface area contributed by atoms with E-state index in [0.717, 1.165) is 37.1 Å². The van der Waals surface area contributed by atoms with Gasteiger partial charge in [0.1, 0.15) is 0 Å². The van der Waals surface area contributed by atoms with Crippen LogP contribution in [-0.2, 0) is 57.0 Å². The Bertz CT molecular complexity index is 2120. The summed E-state index contributed by atoms with van der Waals surface area (Å²) in [7, 11) is 4.26. The molecular formula is C54H76BrN3O12S. The maximum atomic E-state index is 12.3. The first-order valence-corrected chi connectivity index (χ1v) is 24.4. The van der Waals surface area contributed by atoms with Crippen molar-refractivity contribution >= 4 is 48.4 Å². The first-order valence-electron chi connectivity index (χ1n) is 24.4. The van der Waals surface area contributed by atoms with Gasteiger partial charge in [0.05, 0.1) is 78.0 Å². The maximum Gasteiger partial charge on any atom is 0.335 e. The second-order valence-corrected chi connectivity index (χ2v) is 18.4. The molecule has 3 aliphatic heterocycles. The molecule has 4 fully saturated rings. The first kappa shape index (κ1) is 57.6. The van der Waals surface area contributed by atoms with E-state index in [9.17, 15) is 14.4 Å². The Morgan fingerprint density at radius 3 is 1.28 bits per heavy atom. The quantitative estimate of drug-likeness (QED) is 0.116. The van der Waals surface area contributed by atoms with E-state index in [2.05, 4.69) is 73.1 Å². The molecule has 3 aliphatic carbocycles. The molecule has 3 heterocycles. The Morgan fingerprint density at radius 2 is 0.915 bits per heavy atom. The van der Waals surface area contributed by atoms with Gasteiger partial charge in [0.15, 0.2) is 17.4 Å². The minimum Gasteiger partial charge on any atom is -0.469 e. The Morgan fingerprint density at radius 1 is 0.549 bits per heavy atom. The Balaban J connectivity index is 0.000000230. The van der Waals surface area contributed by atoms with E-state index in [1.54, 1.807) is 0 Å². The standard InChI is InChI=1S/C18H25NO4.2C18H23NO4.BrH.H2S.H2/c3*1-13(14-6-4-3-5-7-14)19-16-8-9-18(22-10-11-23-18)12-15(16)17(20)21-2;;;/h3-7,13,15-16,19H,8-12H2,1-2H3;2*3-7,13,19H,8-12H2,1-2H3;1H;1H2;1H/t13-,15+,16-;2*13-;;;/m111.../s1. The Labute approximate surface area is 438 Å². The van der Waals surface area contributed by atoms with Crippen LogP contribution in [0.1, 0.15) is 115 Å². The van der Waals surface area contributed by atoms with Gasteiger partial charge >= 0.3 is 17.9 Å². The van der Waals surface area contributed by atoms with Crippen LogP contribution in [0.4, 0.5) is 0 Å². The van der Waals surface area contributed by atoms with Gasteiger partial charge in [-0.1, -0.05) is 91.0 Å². The van der Waals surface area contributed by atoms with Crippen molar-refractivity contribution in [1.82, 2.24) is 16.0 Å². The zero-order valence-corrected chi connectivity index (χ0v) is 44.7. The van der Waals surface area contributed by atoms with E-state index in [4.69, 9.17) is 42.6 Å². The summed E-state index contributed by atoms with van der Waals surface area (Å²) in [5.74, 6) is -2.96. The fourth-order valence-corrected chi connectivity index (χ4v) is 10.1. The monoisotopic (exact) mass is 1070 g/mol. The summed E-state index contributed by atoms with van der Waals surface area (Å²) < 4.78 is 49.5. The van der Waals surface area contributed by atoms with E-state index in [-0.39, 0.29) is 79.9 Å². The van der Waals surface area contributed by atoms with Crippen LogP contribution < -0.4 is 16.0 Å². The highest BCUT2D eigenvalue weighted by Crippen LogP contribution is 2.42. The summed E-state index contributed by atoms with van der Waals surface area (Å²) in [5.41, 5.74) is 6.68. The fraction of sp³-hybridized carbons (Fsp3) is 0.537. The van der Waals surface area contributed by atoms with Crippen LogP contribution in [0.5, 0.6) is 0 Å². The number of hydrogen-bond acceptors (Lipinski definition) is 15. The highest BCUT2D eigenvalue weighted by molar-refractivity contribution is 8.93. The molecule has 0 unspecified atom stereocenters. The number of esters is 3. The lowest BCUT2D eigenvalue weighted by molar-refractivity contribution is -0.198. The summed E-state index contributed by atoms with van der Waals surface area (Å²) >= 11 is 0. The molecule has 3 spiro atoms. The van der Waals surface area contributed by atoms with Crippen molar-refractivity contribution in [3.05, 3.63) is 130 Å². The summed E-state index contributed by atoms with van der Waals surface area (Å²) in [6.45, 7) is 9.83. The number of ether oxygens (including phenoxy) is 9. The minimum absolute atomic E-state index is 0. The highest BCUT2D eigenvalue weighted by atomic mass is 79.9. The van der Waals surface area contributed by atoms with Crippen molar-refractivity contribution < 1.29 is 58.4 Å². The van der Waals surface area contributed by atoms with Crippen molar-refractivity contribution in [2.45, 2.75) is 120 Å². The van der Waals surface area contributed by atoms with Crippen molar-refractivity contribution in [2.75, 3.05) is 61.0 Å². The van der Waals surface area contributed by atoms with E-state index >= 15 is 0 Å². The zero-order valence-electron chi connectivity index (χ0n) is 42.0. The van der Waals surface area contributed by atoms with Crippen LogP contribution in [0, 0.1) is 5.92 Å². The molecule has 5 atom stereocenters. The number of benzene rings is 3. The van der Waals surface area contributed by atoms with Gasteiger partial charge in [-0.3, -0.25) is 4.79 Å². The second kappa shape index (κ2) is 27.1. The number of methoxy groups -OCH3 is 3. The zero-order chi connectivity index (χ0) is 48.9. The molecule has 71 heavy (non-hydrogen) atoms. The number of hydrogen-bond donors (Lipinski definition) is 3. The van der Waals surface area contributed by atoms with E-state index < -0.39 is 17.4 Å². The van der Waals surface area contributed by atoms with E-state index in [0.29, 0.717) is 82.9 Å². The number of nitrogens with one attached hydrogen (secondary N) is 3. The van der Waals surface area contributed by atoms with Gasteiger partial charge in [0.25, 0.3) is 0 Å². The van der Waals surface area contributed by atoms with Crippen molar-refractivity contribution in [3.8, 4) is 0 Å². The third kappa shape index (κ3) is 14.9. The first-order chi connectivity index (χ1) is 33.4. The van der Waals surface area contributed by atoms with Crippen molar-refractivity contribution in [2.24, 2.45) is 5.92 Å². The van der Waals surface area contributed by atoms with Gasteiger partial charge in [0, 0.05) is 75.5 Å². The smallest absolute Gasteiger partial charge is 0.335 e. The van der Waals surface area contributed by atoms with Gasteiger partial charge in [-0.15, -0.1) is 17.0 Å². The predicted octanol–water partition coefficient (Wildman–Crippen LogP) is 8.74. The maximum absolute atomic E-state index is 12.3. The summed E-state index contributed by atoms with van der Waals surface area (Å²) in [5, 5.41) is 10.5. The lowest BCUT2D eigenvalue weighted by atomic mass is 9.80. The molecule has 6 aliphatic rings. The minimum atomic E-state index is -0.648. The van der Waals surface area contributed by atoms with Gasteiger partial charge in [0.2, 0.25) is 0 Å². The molecule has 392 valence electrons. The molecule has 0 bridgehead atoms. The van der Waals surface area contributed by atoms with Crippen LogP contribution in [0.25, 0.3) is 0 Å². The van der Waals surface area contributed by atoms with E-state index in [1.807, 2.05) is 54.6 Å². The molecule has 1 saturated carbocycles. The Hall–Kier alpha value is -4.30. The number of rotatable bonds is 12. The van der Waals surface area contributed by atoms with E-state index in [1.165, 1.54) is 38.0 Å². The van der Waals surface area contributed by atoms with Gasteiger partial charge in [-0.25, -0.2) is 9.59 Å². The molecule has 3 N–H and O–H groups in total. The van der Waals surface area contributed by atoms with Gasteiger partial charge in [-0.2, -0.15) is 13.5 Å². The van der Waals surface area contributed by atoms with Crippen molar-refractivity contribution in [3.63, 3.8) is 0 Å². The van der Waals surface area contributed by atoms with Gasteiger partial charge in [-0.05, 0) is 56.7 Å². The molecule has 15 nitrogen and oxygen atoms in total. The number of allylic oxidation sites excluding steroid dienone is 2. The molecule has 3 aromatic rings. The summed E-state index contributed by atoms with van der Waals surface area (Å²) in [6, 6.07) is 31.1. The third-order valence-electron chi connectivity index (χ3n) is 13.9. The van der Waals surface area contributed by atoms with Crippen LogP contribution in [0.3, 0.4) is 0 Å². The number of halogens is 1. The average molecular weight is 1070 g/mol. The van der Waals surface area contributed by atoms with Crippen LogP contribution in [0.2, 0.25) is 0 Å². The summed E-state index contributed by atoms with van der Waals surface area (Å²) in [4.78, 5) is 36.7. The molecule has 0 amide bonds. The predicted molar refractivity (Wildman–Crippen MR) is 280 cm³/mol. The normalized spacial score (nSPS) is 22.8. The van der Waals surface area contributed by atoms with Crippen molar-refractivity contribution in [1.29, 1.82) is 0 Å². The fourth-order valence-electron chi connectivity index (χ4n) is 10.1. The molecular weight excluding hydrogens is 995 g/mol. The third-order valence-corrected chi connectivity index (χ3v) is 13.9. The molecule has 17 heteroatoms. The summed E-state index contributed by atoms with van der Waals surface area (Å²) in [6.07, 6.45) is 5.97. The van der Waals surface area contributed by atoms with Crippen LogP contribution >= 0.6 is 30.5 Å². The second-order valence-electron chi connectivity index (χ2n) is 18.4. The lowest BCUT2D eigenvalue weighted by Gasteiger charge is -2.41. The molecule has 3 aromatic carbocycles. The molecule has 0 aromatic heterocycles. The number of carbonyl (C=O) groups excluding carboxylic acids is 3. The Kier molecular flexibility index (Phi) is 22.0. The SMILES string of the molecule is Br.COC(=O)C1=C(N[C@H](C)c2ccccc2)CCC2(C1)OCCO2.COC(=O)C1=C(N[C@H](C)c2ccccc2)CCC2(C1)OCCO2.COC(=O)[C@H]1CC2(CC[C@H]1N[C@H](C)c1ccccc1)OCCO2.S.[HH]. The lowest BCUT2D eigenvalue weighted by Crippen LogP contribution is -2.51. The molecule has 0 radical (unpaired) electrons. The largest absolute Gasteiger partial charge is 0.469 e. The van der Waals surface area contributed by atoms with Crippen LogP contribution in [-0.4, -0.2) is 102 Å². The highest BCUT2D eigenvalue weighted by Gasteiger charge is 2.49. The van der Waals surface area contributed by atoms with Gasteiger partial charge < -0.3 is 58.6 Å². The average Bonchev–Trinajstić information content (AvgIpc) is 4.18. The topological polar surface area (TPSA) is 170 Å². The molecule has 3 saturated heterocycles. The van der Waals surface area contributed by atoms with Crippen LogP contribution in [0.15, 0.2) is 114 Å². The molecule has 9 rings (SSSR count). The number of carbonyl (C=O) groups is 3.